The number of hydrazone groups is 1. The minimum Gasteiger partial charge on any atom is -0.495 e. The smallest absolute Gasteiger partial charge is 0.329 e. The molecule has 0 aliphatic carbocycles. The van der Waals surface area contributed by atoms with Gasteiger partial charge in [0.2, 0.25) is 0 Å². The summed E-state index contributed by atoms with van der Waals surface area (Å²) in [6, 6.07) is 10.3. The van der Waals surface area contributed by atoms with Crippen LogP contribution in [0, 0.1) is 0 Å². The van der Waals surface area contributed by atoms with Gasteiger partial charge in [0.05, 0.1) is 18.5 Å². The first-order valence-corrected chi connectivity index (χ1v) is 6.81. The highest BCUT2D eigenvalue weighted by atomic mass is 16.5. The Balaban J connectivity index is 1.99. The highest BCUT2D eigenvalue weighted by Crippen LogP contribution is 2.22. The molecule has 0 unspecified atom stereocenters. The van der Waals surface area contributed by atoms with E-state index < -0.39 is 11.8 Å². The number of pyridine rings is 1. The van der Waals surface area contributed by atoms with Gasteiger partial charge < -0.3 is 10.1 Å². The van der Waals surface area contributed by atoms with Crippen LogP contribution < -0.4 is 15.5 Å². The number of anilines is 1. The van der Waals surface area contributed by atoms with Crippen LogP contribution in [0.5, 0.6) is 5.75 Å². The first kappa shape index (κ1) is 16.2. The molecule has 0 radical (unpaired) electrons. The van der Waals surface area contributed by atoms with Crippen LogP contribution in [0.4, 0.5) is 5.69 Å². The number of nitrogens with zero attached hydrogens (tertiary/aromatic N) is 2. The van der Waals surface area contributed by atoms with E-state index in [2.05, 4.69) is 20.8 Å². The molecule has 118 valence electrons. The number of hydrogen-bond donors (Lipinski definition) is 2. The zero-order chi connectivity index (χ0) is 16.7. The Hall–Kier alpha value is -3.22. The SMILES string of the molecule is COc1ccccc1NC(=O)C(=O)N/N=C(\C)c1ccncc1. The van der Waals surface area contributed by atoms with Gasteiger partial charge >= 0.3 is 11.8 Å². The number of carbonyl (C=O) groups is 2. The van der Waals surface area contributed by atoms with Crippen LogP contribution in [0.3, 0.4) is 0 Å². The van der Waals surface area contributed by atoms with Crippen LogP contribution in [0.15, 0.2) is 53.9 Å². The number of ether oxygens (including phenoxy) is 1. The number of hydrogen-bond acceptors (Lipinski definition) is 5. The number of nitrogens with one attached hydrogen (secondary N) is 2. The van der Waals surface area contributed by atoms with Gasteiger partial charge in [-0.05, 0) is 31.2 Å². The molecule has 0 atom stereocenters. The summed E-state index contributed by atoms with van der Waals surface area (Å²) in [4.78, 5) is 27.6. The zero-order valence-electron chi connectivity index (χ0n) is 12.7. The number of aromatic nitrogens is 1. The molecule has 0 aliphatic rings. The van der Waals surface area contributed by atoms with E-state index in [1.807, 2.05) is 0 Å². The number of rotatable bonds is 4. The lowest BCUT2D eigenvalue weighted by atomic mass is 10.2. The van der Waals surface area contributed by atoms with Crippen molar-refractivity contribution in [3.05, 3.63) is 54.4 Å². The minimum atomic E-state index is -0.871. The summed E-state index contributed by atoms with van der Waals surface area (Å²) in [5.74, 6) is -1.24. The van der Waals surface area contributed by atoms with Crippen LogP contribution >= 0.6 is 0 Å². The summed E-state index contributed by atoms with van der Waals surface area (Å²) in [5.41, 5.74) is 3.98. The van der Waals surface area contributed by atoms with E-state index in [0.29, 0.717) is 17.1 Å². The second-order valence-corrected chi connectivity index (χ2v) is 4.53. The van der Waals surface area contributed by atoms with Gasteiger partial charge in [0.15, 0.2) is 0 Å². The van der Waals surface area contributed by atoms with Crippen molar-refractivity contribution in [2.45, 2.75) is 6.92 Å². The lowest BCUT2D eigenvalue weighted by molar-refractivity contribution is -0.136. The summed E-state index contributed by atoms with van der Waals surface area (Å²) in [7, 11) is 1.48. The predicted molar refractivity (Wildman–Crippen MR) is 86.2 cm³/mol. The molecule has 1 heterocycles. The quantitative estimate of drug-likeness (QED) is 0.509. The fourth-order valence-electron chi connectivity index (χ4n) is 1.77. The maximum Gasteiger partial charge on any atom is 0.329 e. The Kier molecular flexibility index (Phi) is 5.40. The predicted octanol–water partition coefficient (Wildman–Crippen LogP) is 1.57. The van der Waals surface area contributed by atoms with E-state index in [9.17, 15) is 9.59 Å². The molecule has 0 saturated carbocycles. The van der Waals surface area contributed by atoms with Crippen molar-refractivity contribution in [1.29, 1.82) is 0 Å². The molecule has 0 saturated heterocycles. The minimum absolute atomic E-state index is 0.407. The number of amides is 2. The number of para-hydroxylation sites is 2. The molecule has 2 N–H and O–H groups in total. The van der Waals surface area contributed by atoms with Crippen LogP contribution in [0.2, 0.25) is 0 Å². The van der Waals surface area contributed by atoms with Crippen molar-refractivity contribution < 1.29 is 14.3 Å². The van der Waals surface area contributed by atoms with Crippen molar-refractivity contribution in [1.82, 2.24) is 10.4 Å². The summed E-state index contributed by atoms with van der Waals surface area (Å²) in [5, 5.41) is 6.37. The van der Waals surface area contributed by atoms with Gasteiger partial charge in [-0.25, -0.2) is 5.43 Å². The third-order valence-electron chi connectivity index (χ3n) is 2.98. The molecule has 7 nitrogen and oxygen atoms in total. The van der Waals surface area contributed by atoms with E-state index in [1.54, 1.807) is 55.7 Å². The molecule has 2 amide bonds. The molecule has 0 aliphatic heterocycles. The summed E-state index contributed by atoms with van der Waals surface area (Å²) in [6.07, 6.45) is 3.23. The van der Waals surface area contributed by atoms with E-state index in [-0.39, 0.29) is 0 Å². The second kappa shape index (κ2) is 7.69. The number of benzene rings is 1. The molecular weight excluding hydrogens is 296 g/mol. The van der Waals surface area contributed by atoms with E-state index in [1.165, 1.54) is 7.11 Å². The second-order valence-electron chi connectivity index (χ2n) is 4.53. The van der Waals surface area contributed by atoms with E-state index in [0.717, 1.165) is 5.56 Å². The van der Waals surface area contributed by atoms with Crippen molar-refractivity contribution in [2.75, 3.05) is 12.4 Å². The number of carbonyl (C=O) groups excluding carboxylic acids is 2. The highest BCUT2D eigenvalue weighted by Gasteiger charge is 2.15. The van der Waals surface area contributed by atoms with Crippen LogP contribution in [-0.2, 0) is 9.59 Å². The topological polar surface area (TPSA) is 92.7 Å². The van der Waals surface area contributed by atoms with Gasteiger partial charge in [0, 0.05) is 18.0 Å². The standard InChI is InChI=1S/C16H16N4O3/c1-11(12-7-9-17-10-8-12)19-20-16(22)15(21)18-13-5-3-4-6-14(13)23-2/h3-10H,1-2H3,(H,18,21)(H,20,22)/b19-11+. The fraction of sp³-hybridized carbons (Fsp3) is 0.125. The largest absolute Gasteiger partial charge is 0.495 e. The summed E-state index contributed by atoms with van der Waals surface area (Å²) in [6.45, 7) is 1.72. The Morgan fingerprint density at radius 3 is 2.48 bits per heavy atom. The van der Waals surface area contributed by atoms with Crippen molar-refractivity contribution >= 4 is 23.2 Å². The molecule has 0 bridgehead atoms. The van der Waals surface area contributed by atoms with Gasteiger partial charge in [-0.3, -0.25) is 14.6 Å². The third kappa shape index (κ3) is 4.37. The average molecular weight is 312 g/mol. The zero-order valence-corrected chi connectivity index (χ0v) is 12.7. The van der Waals surface area contributed by atoms with Crippen LogP contribution in [-0.4, -0.2) is 29.6 Å². The average Bonchev–Trinajstić information content (AvgIpc) is 2.60. The van der Waals surface area contributed by atoms with Gasteiger partial charge in [0.1, 0.15) is 5.75 Å². The van der Waals surface area contributed by atoms with Crippen molar-refractivity contribution in [3.8, 4) is 5.75 Å². The first-order chi connectivity index (χ1) is 11.1. The van der Waals surface area contributed by atoms with Crippen LogP contribution in [0.1, 0.15) is 12.5 Å². The van der Waals surface area contributed by atoms with Crippen molar-refractivity contribution in [2.24, 2.45) is 5.10 Å². The Bertz CT molecular complexity index is 729. The van der Waals surface area contributed by atoms with Crippen LogP contribution in [0.25, 0.3) is 0 Å². The Morgan fingerprint density at radius 1 is 1.09 bits per heavy atom. The van der Waals surface area contributed by atoms with Gasteiger partial charge in [-0.1, -0.05) is 12.1 Å². The normalized spacial score (nSPS) is 10.8. The highest BCUT2D eigenvalue weighted by molar-refractivity contribution is 6.39. The molecule has 1 aromatic carbocycles. The van der Waals surface area contributed by atoms with Gasteiger partial charge in [0.25, 0.3) is 0 Å². The third-order valence-corrected chi connectivity index (χ3v) is 2.98. The van der Waals surface area contributed by atoms with Gasteiger partial charge in [-0.2, -0.15) is 5.10 Å². The Morgan fingerprint density at radius 2 is 1.78 bits per heavy atom. The first-order valence-electron chi connectivity index (χ1n) is 6.81. The molecule has 1 aromatic heterocycles. The molecule has 0 spiro atoms. The molecular formula is C16H16N4O3. The molecule has 2 aromatic rings. The lowest BCUT2D eigenvalue weighted by Gasteiger charge is -2.09. The monoisotopic (exact) mass is 312 g/mol. The maximum absolute atomic E-state index is 11.9. The fourth-order valence-corrected chi connectivity index (χ4v) is 1.77. The molecule has 2 rings (SSSR count). The van der Waals surface area contributed by atoms with E-state index in [4.69, 9.17) is 4.74 Å². The summed E-state index contributed by atoms with van der Waals surface area (Å²) < 4.78 is 5.10. The van der Waals surface area contributed by atoms with Crippen molar-refractivity contribution in [3.63, 3.8) is 0 Å². The molecule has 23 heavy (non-hydrogen) atoms. The summed E-state index contributed by atoms with van der Waals surface area (Å²) >= 11 is 0. The lowest BCUT2D eigenvalue weighted by Crippen LogP contribution is -2.33. The van der Waals surface area contributed by atoms with E-state index >= 15 is 0 Å². The molecule has 0 fully saturated rings. The maximum atomic E-state index is 11.9. The Labute approximate surface area is 133 Å². The van der Waals surface area contributed by atoms with Gasteiger partial charge in [-0.15, -0.1) is 0 Å². The molecule has 7 heteroatoms. The number of methoxy groups -OCH3 is 1.